The minimum Gasteiger partial charge on any atom is -0.391 e. The Morgan fingerprint density at radius 2 is 2.24 bits per heavy atom. The summed E-state index contributed by atoms with van der Waals surface area (Å²) in [6, 6.07) is 4.01. The lowest BCUT2D eigenvalue weighted by molar-refractivity contribution is 0.0894. The molecule has 0 fully saturated rings. The van der Waals surface area contributed by atoms with Gasteiger partial charge in [0.2, 0.25) is 5.95 Å². The lowest BCUT2D eigenvalue weighted by atomic mass is 10.1. The SMILES string of the molecule is CC(C)CC(O)CNC(=O)c1cccc(F)n1. The zero-order valence-electron chi connectivity index (χ0n) is 9.98. The average Bonchev–Trinajstić information content (AvgIpc) is 2.25. The number of hydrogen-bond donors (Lipinski definition) is 2. The maximum atomic E-state index is 12.8. The van der Waals surface area contributed by atoms with Gasteiger partial charge in [-0.1, -0.05) is 19.9 Å². The number of aliphatic hydroxyl groups is 1. The highest BCUT2D eigenvalue weighted by atomic mass is 19.1. The van der Waals surface area contributed by atoms with Crippen LogP contribution in [0.2, 0.25) is 0 Å². The second-order valence-corrected chi connectivity index (χ2v) is 4.34. The summed E-state index contributed by atoms with van der Waals surface area (Å²) in [6.45, 7) is 4.12. The van der Waals surface area contributed by atoms with Crippen LogP contribution < -0.4 is 5.32 Å². The molecule has 1 heterocycles. The number of carbonyl (C=O) groups excluding carboxylic acids is 1. The van der Waals surface area contributed by atoms with Crippen LogP contribution in [0.5, 0.6) is 0 Å². The number of nitrogens with one attached hydrogen (secondary N) is 1. The first-order chi connectivity index (χ1) is 7.99. The van der Waals surface area contributed by atoms with Crippen molar-refractivity contribution in [3.63, 3.8) is 0 Å². The summed E-state index contributed by atoms with van der Waals surface area (Å²) in [6.07, 6.45) is 0.0177. The fourth-order valence-electron chi connectivity index (χ4n) is 1.46. The molecule has 0 saturated heterocycles. The summed E-state index contributed by atoms with van der Waals surface area (Å²) >= 11 is 0. The van der Waals surface area contributed by atoms with Crippen LogP contribution in [-0.2, 0) is 0 Å². The van der Waals surface area contributed by atoms with Crippen LogP contribution in [0.1, 0.15) is 30.8 Å². The van der Waals surface area contributed by atoms with Crippen LogP contribution in [0.25, 0.3) is 0 Å². The van der Waals surface area contributed by atoms with Gasteiger partial charge in [0, 0.05) is 6.54 Å². The predicted octanol–water partition coefficient (Wildman–Crippen LogP) is 1.36. The van der Waals surface area contributed by atoms with Crippen molar-refractivity contribution >= 4 is 5.91 Å². The molecule has 4 nitrogen and oxygen atoms in total. The lowest BCUT2D eigenvalue weighted by Crippen LogP contribution is -2.33. The van der Waals surface area contributed by atoms with Gasteiger partial charge < -0.3 is 10.4 Å². The fraction of sp³-hybridized carbons (Fsp3) is 0.500. The molecule has 0 aliphatic rings. The summed E-state index contributed by atoms with van der Waals surface area (Å²) in [7, 11) is 0. The Morgan fingerprint density at radius 3 is 2.82 bits per heavy atom. The molecule has 0 spiro atoms. The Hall–Kier alpha value is -1.49. The quantitative estimate of drug-likeness (QED) is 0.764. The first kappa shape index (κ1) is 13.6. The molecule has 0 bridgehead atoms. The van der Waals surface area contributed by atoms with Crippen molar-refractivity contribution < 1.29 is 14.3 Å². The maximum Gasteiger partial charge on any atom is 0.270 e. The largest absolute Gasteiger partial charge is 0.391 e. The number of amides is 1. The Morgan fingerprint density at radius 1 is 1.53 bits per heavy atom. The molecule has 1 amide bonds. The molecule has 1 rings (SSSR count). The Labute approximate surface area is 99.9 Å². The highest BCUT2D eigenvalue weighted by Crippen LogP contribution is 2.04. The molecule has 0 radical (unpaired) electrons. The molecule has 1 aromatic rings. The molecule has 1 unspecified atom stereocenters. The van der Waals surface area contributed by atoms with Crippen molar-refractivity contribution in [2.45, 2.75) is 26.4 Å². The maximum absolute atomic E-state index is 12.8. The molecular formula is C12H17FN2O2. The van der Waals surface area contributed by atoms with Gasteiger partial charge in [-0.2, -0.15) is 4.39 Å². The Balaban J connectivity index is 2.45. The van der Waals surface area contributed by atoms with E-state index in [9.17, 15) is 14.3 Å². The summed E-state index contributed by atoms with van der Waals surface area (Å²) in [4.78, 5) is 15.0. The van der Waals surface area contributed by atoms with Gasteiger partial charge in [-0.25, -0.2) is 4.98 Å². The predicted molar refractivity (Wildman–Crippen MR) is 62.0 cm³/mol. The first-order valence-electron chi connectivity index (χ1n) is 5.58. The number of pyridine rings is 1. The lowest BCUT2D eigenvalue weighted by Gasteiger charge is -2.13. The Bertz CT molecular complexity index is 383. The van der Waals surface area contributed by atoms with E-state index in [4.69, 9.17) is 0 Å². The van der Waals surface area contributed by atoms with Crippen LogP contribution in [0.15, 0.2) is 18.2 Å². The molecule has 2 N–H and O–H groups in total. The molecule has 1 aromatic heterocycles. The van der Waals surface area contributed by atoms with Gasteiger partial charge in [0.15, 0.2) is 0 Å². The Kier molecular flexibility index (Phi) is 5.03. The number of aromatic nitrogens is 1. The number of carbonyl (C=O) groups is 1. The fourth-order valence-corrected chi connectivity index (χ4v) is 1.46. The van der Waals surface area contributed by atoms with E-state index in [1.54, 1.807) is 0 Å². The zero-order valence-corrected chi connectivity index (χ0v) is 9.98. The van der Waals surface area contributed by atoms with E-state index in [0.717, 1.165) is 0 Å². The molecule has 5 heteroatoms. The van der Waals surface area contributed by atoms with Crippen LogP contribution in [0.3, 0.4) is 0 Å². The second-order valence-electron chi connectivity index (χ2n) is 4.34. The van der Waals surface area contributed by atoms with Gasteiger partial charge >= 0.3 is 0 Å². The molecule has 17 heavy (non-hydrogen) atoms. The van der Waals surface area contributed by atoms with E-state index >= 15 is 0 Å². The molecule has 94 valence electrons. The summed E-state index contributed by atoms with van der Waals surface area (Å²) in [5, 5.41) is 12.1. The molecule has 0 aliphatic heterocycles. The van der Waals surface area contributed by atoms with Gasteiger partial charge in [-0.3, -0.25) is 4.79 Å². The van der Waals surface area contributed by atoms with Crippen molar-refractivity contribution in [3.05, 3.63) is 29.8 Å². The third kappa shape index (κ3) is 4.91. The number of nitrogens with zero attached hydrogens (tertiary/aromatic N) is 1. The number of aliphatic hydroxyl groups excluding tert-OH is 1. The van der Waals surface area contributed by atoms with Gasteiger partial charge in [0.1, 0.15) is 5.69 Å². The molecule has 0 aliphatic carbocycles. The smallest absolute Gasteiger partial charge is 0.270 e. The van der Waals surface area contributed by atoms with Crippen LogP contribution in [0.4, 0.5) is 4.39 Å². The third-order valence-electron chi connectivity index (χ3n) is 2.19. The van der Waals surface area contributed by atoms with Gasteiger partial charge in [0.25, 0.3) is 5.91 Å². The van der Waals surface area contributed by atoms with E-state index in [0.29, 0.717) is 12.3 Å². The van der Waals surface area contributed by atoms with Crippen LogP contribution in [0, 0.1) is 11.9 Å². The summed E-state index contributed by atoms with van der Waals surface area (Å²) < 4.78 is 12.8. The van der Waals surface area contributed by atoms with E-state index in [-0.39, 0.29) is 12.2 Å². The number of hydrogen-bond acceptors (Lipinski definition) is 3. The zero-order chi connectivity index (χ0) is 12.8. The minimum atomic E-state index is -0.694. The monoisotopic (exact) mass is 240 g/mol. The van der Waals surface area contributed by atoms with Gasteiger partial charge in [0.05, 0.1) is 6.10 Å². The van der Waals surface area contributed by atoms with Crippen molar-refractivity contribution in [2.75, 3.05) is 6.54 Å². The van der Waals surface area contributed by atoms with E-state index in [1.807, 2.05) is 13.8 Å². The van der Waals surface area contributed by atoms with Crippen molar-refractivity contribution in [3.8, 4) is 0 Å². The van der Waals surface area contributed by atoms with Gasteiger partial charge in [-0.05, 0) is 24.5 Å². The molecular weight excluding hydrogens is 223 g/mol. The van der Waals surface area contributed by atoms with Crippen LogP contribution >= 0.6 is 0 Å². The average molecular weight is 240 g/mol. The number of rotatable bonds is 5. The third-order valence-corrected chi connectivity index (χ3v) is 2.19. The van der Waals surface area contributed by atoms with Crippen molar-refractivity contribution in [1.29, 1.82) is 0 Å². The van der Waals surface area contributed by atoms with E-state index in [2.05, 4.69) is 10.3 Å². The van der Waals surface area contributed by atoms with Crippen LogP contribution in [-0.4, -0.2) is 28.6 Å². The highest BCUT2D eigenvalue weighted by Gasteiger charge is 2.11. The summed E-state index contributed by atoms with van der Waals surface area (Å²) in [5.41, 5.74) is 0.0155. The van der Waals surface area contributed by atoms with E-state index < -0.39 is 18.0 Å². The first-order valence-corrected chi connectivity index (χ1v) is 5.58. The molecule has 0 aromatic carbocycles. The van der Waals surface area contributed by atoms with E-state index in [1.165, 1.54) is 18.2 Å². The standard InChI is InChI=1S/C12H17FN2O2/c1-8(2)6-9(16)7-14-12(17)10-4-3-5-11(13)15-10/h3-5,8-9,16H,6-7H2,1-2H3,(H,14,17). The normalized spacial score (nSPS) is 12.5. The topological polar surface area (TPSA) is 62.2 Å². The van der Waals surface area contributed by atoms with Gasteiger partial charge in [-0.15, -0.1) is 0 Å². The summed E-state index contributed by atoms with van der Waals surface area (Å²) in [5.74, 6) is -0.818. The highest BCUT2D eigenvalue weighted by molar-refractivity contribution is 5.92. The van der Waals surface area contributed by atoms with Crippen molar-refractivity contribution in [2.24, 2.45) is 5.92 Å². The number of halogens is 1. The molecule has 1 atom stereocenters. The molecule has 0 saturated carbocycles. The minimum absolute atomic E-state index is 0.0155. The van der Waals surface area contributed by atoms with Crippen molar-refractivity contribution in [1.82, 2.24) is 10.3 Å². The second kappa shape index (κ2) is 6.30.